The lowest BCUT2D eigenvalue weighted by Gasteiger charge is -2.50. The van der Waals surface area contributed by atoms with Gasteiger partial charge in [-0.05, 0) is 74.1 Å². The molecule has 0 saturated heterocycles. The third-order valence-electron chi connectivity index (χ3n) is 8.33. The number of ether oxygens (including phenoxy) is 1. The van der Waals surface area contributed by atoms with Gasteiger partial charge in [0.05, 0.1) is 6.61 Å². The van der Waals surface area contributed by atoms with E-state index in [0.717, 1.165) is 44.3 Å². The Bertz CT molecular complexity index is 641. The van der Waals surface area contributed by atoms with Crippen LogP contribution in [-0.2, 0) is 14.0 Å². The van der Waals surface area contributed by atoms with Crippen LogP contribution in [0.3, 0.4) is 0 Å². The number of alkyl halides is 2. The number of esters is 1. The van der Waals surface area contributed by atoms with Crippen LogP contribution in [0.4, 0.5) is 8.78 Å². The first-order chi connectivity index (χ1) is 13.7. The molecule has 174 valence electrons. The second-order valence-corrected chi connectivity index (χ2v) is 15.9. The van der Waals surface area contributed by atoms with Gasteiger partial charge in [-0.3, -0.25) is 0 Å². The van der Waals surface area contributed by atoms with Gasteiger partial charge in [-0.15, -0.1) is 0 Å². The second-order valence-electron chi connectivity index (χ2n) is 11.2. The number of rotatable bonds is 7. The van der Waals surface area contributed by atoms with Crippen molar-refractivity contribution in [3.05, 3.63) is 12.2 Å². The molecule has 0 aliphatic heterocycles. The Morgan fingerprint density at radius 2 is 1.87 bits per heavy atom. The van der Waals surface area contributed by atoms with Gasteiger partial charge in [-0.1, -0.05) is 41.0 Å². The molecule has 6 heteroatoms. The molecule has 0 heterocycles. The largest absolute Gasteiger partial charge is 0.463 e. The molecule has 0 radical (unpaired) electrons. The first-order valence-electron chi connectivity index (χ1n) is 11.6. The molecule has 2 saturated carbocycles. The molecular formula is C24H42F2O3Si. The van der Waals surface area contributed by atoms with E-state index >= 15 is 8.78 Å². The molecule has 0 amide bonds. The molecule has 2 aliphatic rings. The minimum Gasteiger partial charge on any atom is -0.463 e. The van der Waals surface area contributed by atoms with Gasteiger partial charge < -0.3 is 9.16 Å². The number of hydrogen-bond acceptors (Lipinski definition) is 3. The minimum absolute atomic E-state index is 0.0878. The fraction of sp³-hybridized carbons (Fsp3) is 0.875. The van der Waals surface area contributed by atoms with Crippen molar-refractivity contribution in [2.75, 3.05) is 6.61 Å². The number of carbonyl (C=O) groups excluding carboxylic acids is 1. The van der Waals surface area contributed by atoms with Gasteiger partial charge in [0.15, 0.2) is 8.32 Å². The SMILES string of the molecule is CCOC(=O)/C=C/C(F)(F)[C@@H](C)[C@H]1CC[C@H]2[C@@H](O[Si](C)(C)C(C)(C)C)CCC[C@]12C. The summed E-state index contributed by atoms with van der Waals surface area (Å²) in [6.45, 7) is 17.0. The summed E-state index contributed by atoms with van der Waals surface area (Å²) < 4.78 is 41.6. The van der Waals surface area contributed by atoms with Gasteiger partial charge in [0, 0.05) is 18.1 Å². The first kappa shape index (κ1) is 25.5. The van der Waals surface area contributed by atoms with Crippen molar-refractivity contribution < 1.29 is 22.7 Å². The first-order valence-corrected chi connectivity index (χ1v) is 14.5. The van der Waals surface area contributed by atoms with Crippen LogP contribution in [0.5, 0.6) is 0 Å². The van der Waals surface area contributed by atoms with Crippen LogP contribution >= 0.6 is 0 Å². The van der Waals surface area contributed by atoms with Crippen LogP contribution in [0, 0.1) is 23.2 Å². The normalized spacial score (nSPS) is 31.6. The van der Waals surface area contributed by atoms with E-state index in [2.05, 4.69) is 40.8 Å². The van der Waals surface area contributed by atoms with E-state index in [1.54, 1.807) is 13.8 Å². The van der Waals surface area contributed by atoms with Crippen molar-refractivity contribution >= 4 is 14.3 Å². The Kier molecular flexibility index (Phi) is 7.66. The molecule has 0 aromatic carbocycles. The van der Waals surface area contributed by atoms with Gasteiger partial charge in [-0.25, -0.2) is 13.6 Å². The van der Waals surface area contributed by atoms with Crippen LogP contribution < -0.4 is 0 Å². The van der Waals surface area contributed by atoms with Crippen LogP contribution in [0.1, 0.15) is 73.6 Å². The van der Waals surface area contributed by atoms with Crippen molar-refractivity contribution in [2.45, 2.75) is 104 Å². The summed E-state index contributed by atoms with van der Waals surface area (Å²) in [4.78, 5) is 11.5. The molecular weight excluding hydrogens is 402 g/mol. The van der Waals surface area contributed by atoms with Crippen LogP contribution in [-0.4, -0.2) is 32.9 Å². The fourth-order valence-corrected chi connectivity index (χ4v) is 6.86. The van der Waals surface area contributed by atoms with E-state index in [1.165, 1.54) is 0 Å². The lowest BCUT2D eigenvalue weighted by molar-refractivity contribution is -0.137. The minimum atomic E-state index is -3.04. The van der Waals surface area contributed by atoms with E-state index in [9.17, 15) is 4.79 Å². The third-order valence-corrected chi connectivity index (χ3v) is 12.8. The zero-order chi connectivity index (χ0) is 23.0. The molecule has 0 aromatic heterocycles. The summed E-state index contributed by atoms with van der Waals surface area (Å²) in [7, 11) is -1.91. The standard InChI is InChI=1S/C24H42F2O3Si/c1-9-28-21(27)14-16-24(25,26)17(2)18-12-13-19-20(11-10-15-23(18,19)6)29-30(7,8)22(3,4)5/h14,16-20H,9-13,15H2,1-8H3/b16-14+/t17-,18+,19-,20-,23+/m0/s1. The van der Waals surface area contributed by atoms with Crippen molar-refractivity contribution in [1.29, 1.82) is 0 Å². The van der Waals surface area contributed by atoms with E-state index in [0.29, 0.717) is 5.92 Å². The van der Waals surface area contributed by atoms with Crippen molar-refractivity contribution in [2.24, 2.45) is 23.2 Å². The number of halogens is 2. The van der Waals surface area contributed by atoms with Gasteiger partial charge in [0.25, 0.3) is 5.92 Å². The van der Waals surface area contributed by atoms with Crippen molar-refractivity contribution in [3.8, 4) is 0 Å². The maximum absolute atomic E-state index is 15.0. The summed E-state index contributed by atoms with van der Waals surface area (Å²) in [6.07, 6.45) is 6.59. The monoisotopic (exact) mass is 444 g/mol. The smallest absolute Gasteiger partial charge is 0.330 e. The Morgan fingerprint density at radius 3 is 2.43 bits per heavy atom. The maximum atomic E-state index is 15.0. The Balaban J connectivity index is 2.19. The average molecular weight is 445 g/mol. The van der Waals surface area contributed by atoms with Crippen LogP contribution in [0.25, 0.3) is 0 Å². The summed E-state index contributed by atoms with van der Waals surface area (Å²) in [5.74, 6) is -4.33. The number of hydrogen-bond donors (Lipinski definition) is 0. The average Bonchev–Trinajstić information content (AvgIpc) is 2.96. The molecule has 2 aliphatic carbocycles. The summed E-state index contributed by atoms with van der Waals surface area (Å²) in [5.41, 5.74) is -0.147. The zero-order valence-electron chi connectivity index (χ0n) is 20.2. The predicted molar refractivity (Wildman–Crippen MR) is 120 cm³/mol. The number of allylic oxidation sites excluding steroid dienone is 1. The highest BCUT2D eigenvalue weighted by molar-refractivity contribution is 6.74. The van der Waals surface area contributed by atoms with E-state index < -0.39 is 26.1 Å². The van der Waals surface area contributed by atoms with Gasteiger partial charge >= 0.3 is 5.97 Å². The van der Waals surface area contributed by atoms with Gasteiger partial charge in [0.1, 0.15) is 0 Å². The predicted octanol–water partition coefficient (Wildman–Crippen LogP) is 6.98. The Labute approximate surface area is 183 Å². The zero-order valence-corrected chi connectivity index (χ0v) is 21.2. The molecule has 2 fully saturated rings. The quantitative estimate of drug-likeness (QED) is 0.241. The number of fused-ring (bicyclic) bond motifs is 1. The highest BCUT2D eigenvalue weighted by Crippen LogP contribution is 2.60. The molecule has 0 spiro atoms. The highest BCUT2D eigenvalue weighted by atomic mass is 28.4. The van der Waals surface area contributed by atoms with E-state index in [4.69, 9.17) is 9.16 Å². The molecule has 30 heavy (non-hydrogen) atoms. The van der Waals surface area contributed by atoms with Crippen molar-refractivity contribution in [3.63, 3.8) is 0 Å². The van der Waals surface area contributed by atoms with Gasteiger partial charge in [0.2, 0.25) is 0 Å². The Hall–Kier alpha value is -0.753. The van der Waals surface area contributed by atoms with Gasteiger partial charge in [-0.2, -0.15) is 0 Å². The van der Waals surface area contributed by atoms with Crippen molar-refractivity contribution in [1.82, 2.24) is 0 Å². The molecule has 0 unspecified atom stereocenters. The summed E-state index contributed by atoms with van der Waals surface area (Å²) in [6, 6.07) is 0. The van der Waals surface area contributed by atoms with E-state index in [1.807, 2.05) is 0 Å². The number of carbonyl (C=O) groups is 1. The molecule has 5 atom stereocenters. The Morgan fingerprint density at radius 1 is 1.23 bits per heavy atom. The van der Waals surface area contributed by atoms with E-state index in [-0.39, 0.29) is 29.1 Å². The topological polar surface area (TPSA) is 35.5 Å². The lowest BCUT2D eigenvalue weighted by Crippen LogP contribution is -2.50. The summed E-state index contributed by atoms with van der Waals surface area (Å²) >= 11 is 0. The molecule has 0 N–H and O–H groups in total. The lowest BCUT2D eigenvalue weighted by atomic mass is 9.61. The fourth-order valence-electron chi connectivity index (χ4n) is 5.47. The molecule has 3 nitrogen and oxygen atoms in total. The molecule has 0 aromatic rings. The van der Waals surface area contributed by atoms with Crippen LogP contribution in [0.2, 0.25) is 18.1 Å². The maximum Gasteiger partial charge on any atom is 0.330 e. The summed E-state index contributed by atoms with van der Waals surface area (Å²) in [5, 5.41) is 0.136. The molecule has 2 rings (SSSR count). The third kappa shape index (κ3) is 5.17. The van der Waals surface area contributed by atoms with Crippen LogP contribution in [0.15, 0.2) is 12.2 Å². The second kappa shape index (κ2) is 9.01. The molecule has 0 bridgehead atoms. The highest BCUT2D eigenvalue weighted by Gasteiger charge is 2.57.